The van der Waals surface area contributed by atoms with Gasteiger partial charge >= 0.3 is 0 Å². The molecule has 0 spiro atoms. The Morgan fingerprint density at radius 2 is 1.90 bits per heavy atom. The van der Waals surface area contributed by atoms with Crippen molar-refractivity contribution in [1.29, 1.82) is 0 Å². The Hall–Kier alpha value is -1.43. The molecular formula is C9H9BrN4O4S2. The number of hydrogen-bond donors (Lipinski definition) is 3. The van der Waals surface area contributed by atoms with E-state index < -0.39 is 20.0 Å². The average Bonchev–Trinajstić information content (AvgIpc) is 2.84. The zero-order chi connectivity index (χ0) is 15.0. The van der Waals surface area contributed by atoms with Gasteiger partial charge in [-0.3, -0.25) is 9.82 Å². The number of H-pyrrole nitrogens is 1. The lowest BCUT2D eigenvalue weighted by Crippen LogP contribution is -2.14. The molecule has 0 bridgehead atoms. The molecule has 2 rings (SSSR count). The van der Waals surface area contributed by atoms with Gasteiger partial charge in [0.2, 0.25) is 10.0 Å². The molecule has 0 amide bonds. The third-order valence-corrected chi connectivity index (χ3v) is 5.20. The van der Waals surface area contributed by atoms with Gasteiger partial charge in [-0.05, 0) is 34.1 Å². The largest absolute Gasteiger partial charge is 0.284 e. The molecular weight excluding hydrogens is 372 g/mol. The van der Waals surface area contributed by atoms with Gasteiger partial charge in [0.05, 0.1) is 16.8 Å². The molecule has 1 aromatic carbocycles. The van der Waals surface area contributed by atoms with Crippen LogP contribution in [0, 0.1) is 0 Å². The number of aromatic amines is 1. The van der Waals surface area contributed by atoms with Crippen LogP contribution < -0.4 is 9.86 Å². The smallest absolute Gasteiger partial charge is 0.265 e. The first-order chi connectivity index (χ1) is 9.20. The van der Waals surface area contributed by atoms with Crippen molar-refractivity contribution in [3.05, 3.63) is 35.1 Å². The number of benzene rings is 1. The predicted octanol–water partition coefficient (Wildman–Crippen LogP) is 0.620. The maximum atomic E-state index is 12.0. The summed E-state index contributed by atoms with van der Waals surface area (Å²) >= 11 is 3.09. The van der Waals surface area contributed by atoms with E-state index in [1.807, 2.05) is 0 Å². The third-order valence-electron chi connectivity index (χ3n) is 2.30. The molecule has 0 aliphatic rings. The van der Waals surface area contributed by atoms with Crippen LogP contribution >= 0.6 is 15.9 Å². The van der Waals surface area contributed by atoms with E-state index in [1.54, 1.807) is 0 Å². The van der Waals surface area contributed by atoms with Crippen LogP contribution in [0.3, 0.4) is 0 Å². The minimum Gasteiger partial charge on any atom is -0.284 e. The van der Waals surface area contributed by atoms with Crippen molar-refractivity contribution >= 4 is 41.7 Å². The second-order valence-corrected chi connectivity index (χ2v) is 7.82. The molecule has 0 atom stereocenters. The highest BCUT2D eigenvalue weighted by Crippen LogP contribution is 2.27. The van der Waals surface area contributed by atoms with Gasteiger partial charge in [-0.25, -0.2) is 22.0 Å². The van der Waals surface area contributed by atoms with E-state index in [9.17, 15) is 16.8 Å². The van der Waals surface area contributed by atoms with Crippen LogP contribution in [0.25, 0.3) is 0 Å². The average molecular weight is 381 g/mol. The van der Waals surface area contributed by atoms with E-state index in [0.29, 0.717) is 0 Å². The highest BCUT2D eigenvalue weighted by molar-refractivity contribution is 9.10. The third kappa shape index (κ3) is 3.17. The second-order valence-electron chi connectivity index (χ2n) is 3.73. The highest BCUT2D eigenvalue weighted by Gasteiger charge is 2.18. The van der Waals surface area contributed by atoms with Crippen molar-refractivity contribution in [3.8, 4) is 0 Å². The zero-order valence-electron chi connectivity index (χ0n) is 9.74. The van der Waals surface area contributed by atoms with E-state index in [1.165, 1.54) is 24.4 Å². The quantitative estimate of drug-likeness (QED) is 0.714. The van der Waals surface area contributed by atoms with E-state index in [-0.39, 0.29) is 20.0 Å². The fourth-order valence-corrected chi connectivity index (χ4v) is 3.63. The summed E-state index contributed by atoms with van der Waals surface area (Å²) in [6.45, 7) is 0. The first-order valence-corrected chi connectivity index (χ1v) is 8.86. The van der Waals surface area contributed by atoms with Crippen molar-refractivity contribution in [1.82, 2.24) is 10.2 Å². The summed E-state index contributed by atoms with van der Waals surface area (Å²) in [6.07, 6.45) is 2.36. The Morgan fingerprint density at radius 3 is 2.40 bits per heavy atom. The molecule has 2 aromatic rings. The molecule has 0 radical (unpaired) electrons. The number of nitrogens with zero attached hydrogens (tertiary/aromatic N) is 1. The summed E-state index contributed by atoms with van der Waals surface area (Å²) in [7, 11) is -7.65. The molecule has 0 aliphatic carbocycles. The summed E-state index contributed by atoms with van der Waals surface area (Å²) in [6, 6.07) is 3.71. The van der Waals surface area contributed by atoms with Crippen molar-refractivity contribution in [3.63, 3.8) is 0 Å². The summed E-state index contributed by atoms with van der Waals surface area (Å²) in [5.41, 5.74) is 0.179. The SMILES string of the molecule is NS(=O)(=O)c1ccc(NS(=O)(=O)c2cn[nH]c2)c(Br)c1. The monoisotopic (exact) mass is 380 g/mol. The number of primary sulfonamides is 1. The van der Waals surface area contributed by atoms with Crippen LogP contribution in [0.15, 0.2) is 44.9 Å². The van der Waals surface area contributed by atoms with E-state index in [0.717, 1.165) is 6.20 Å². The molecule has 11 heteroatoms. The first-order valence-electron chi connectivity index (χ1n) is 5.04. The van der Waals surface area contributed by atoms with E-state index >= 15 is 0 Å². The van der Waals surface area contributed by atoms with Crippen LogP contribution in [-0.4, -0.2) is 27.0 Å². The molecule has 1 heterocycles. The molecule has 8 nitrogen and oxygen atoms in total. The molecule has 0 aliphatic heterocycles. The van der Waals surface area contributed by atoms with E-state index in [4.69, 9.17) is 5.14 Å². The lowest BCUT2D eigenvalue weighted by atomic mass is 10.3. The van der Waals surface area contributed by atoms with Gasteiger partial charge in [-0.2, -0.15) is 5.10 Å². The van der Waals surface area contributed by atoms with Crippen molar-refractivity contribution in [2.24, 2.45) is 5.14 Å². The van der Waals surface area contributed by atoms with Gasteiger partial charge in [0.25, 0.3) is 10.0 Å². The summed E-state index contributed by atoms with van der Waals surface area (Å²) < 4.78 is 48.8. The lowest BCUT2D eigenvalue weighted by Gasteiger charge is -2.09. The predicted molar refractivity (Wildman–Crippen MR) is 74.9 cm³/mol. The fourth-order valence-electron chi connectivity index (χ4n) is 1.35. The summed E-state index contributed by atoms with van der Waals surface area (Å²) in [5.74, 6) is 0. The Morgan fingerprint density at radius 1 is 1.20 bits per heavy atom. The van der Waals surface area contributed by atoms with Gasteiger partial charge in [-0.15, -0.1) is 0 Å². The number of rotatable bonds is 4. The first kappa shape index (κ1) is 15.0. The lowest BCUT2D eigenvalue weighted by molar-refractivity contribution is 0.597. The minimum atomic E-state index is -3.85. The number of nitrogens with two attached hydrogens (primary N) is 1. The number of anilines is 1. The topological polar surface area (TPSA) is 135 Å². The van der Waals surface area contributed by atoms with Crippen molar-refractivity contribution in [2.75, 3.05) is 4.72 Å². The standard InChI is InChI=1S/C9H9BrN4O4S2/c10-8-3-6(19(11,15)16)1-2-9(8)14-20(17,18)7-4-12-13-5-7/h1-5,14H,(H,12,13)(H2,11,15,16). The number of sulfonamides is 2. The Labute approximate surface area is 123 Å². The van der Waals surface area contributed by atoms with Gasteiger partial charge in [0.15, 0.2) is 0 Å². The Balaban J connectivity index is 2.37. The molecule has 1 aromatic heterocycles. The zero-order valence-corrected chi connectivity index (χ0v) is 13.0. The molecule has 0 saturated carbocycles. The van der Waals surface area contributed by atoms with Crippen LogP contribution in [-0.2, 0) is 20.0 Å². The normalized spacial score (nSPS) is 12.3. The Bertz CT molecular complexity index is 831. The van der Waals surface area contributed by atoms with Crippen LogP contribution in [0.1, 0.15) is 0 Å². The Kier molecular flexibility index (Phi) is 3.86. The maximum absolute atomic E-state index is 12.0. The second kappa shape index (κ2) is 5.16. The maximum Gasteiger partial charge on any atom is 0.265 e. The number of nitrogens with one attached hydrogen (secondary N) is 2. The highest BCUT2D eigenvalue weighted by atomic mass is 79.9. The number of halogens is 1. The molecule has 4 N–H and O–H groups in total. The van der Waals surface area contributed by atoms with Crippen molar-refractivity contribution in [2.45, 2.75) is 9.79 Å². The van der Waals surface area contributed by atoms with Gasteiger partial charge in [0, 0.05) is 10.7 Å². The van der Waals surface area contributed by atoms with Gasteiger partial charge in [-0.1, -0.05) is 0 Å². The van der Waals surface area contributed by atoms with Gasteiger partial charge in [0.1, 0.15) is 4.90 Å². The number of hydrogen-bond acceptors (Lipinski definition) is 5. The van der Waals surface area contributed by atoms with E-state index in [2.05, 4.69) is 30.8 Å². The molecule has 0 saturated heterocycles. The van der Waals surface area contributed by atoms with Crippen LogP contribution in [0.5, 0.6) is 0 Å². The van der Waals surface area contributed by atoms with Gasteiger partial charge < -0.3 is 0 Å². The number of aromatic nitrogens is 2. The summed E-state index contributed by atoms with van der Waals surface area (Å²) in [5, 5.41) is 10.9. The van der Waals surface area contributed by atoms with Crippen LogP contribution in [0.4, 0.5) is 5.69 Å². The van der Waals surface area contributed by atoms with Crippen molar-refractivity contribution < 1.29 is 16.8 Å². The minimum absolute atomic E-state index is 0.0417. The summed E-state index contributed by atoms with van der Waals surface area (Å²) in [4.78, 5) is -0.171. The molecule has 108 valence electrons. The molecule has 20 heavy (non-hydrogen) atoms. The fraction of sp³-hybridized carbons (Fsp3) is 0. The molecule has 0 fully saturated rings. The van der Waals surface area contributed by atoms with Crippen LogP contribution in [0.2, 0.25) is 0 Å². The molecule has 0 unspecified atom stereocenters.